The van der Waals surface area contributed by atoms with Crippen LogP contribution in [-0.4, -0.2) is 12.1 Å². The molecule has 2 nitrogen and oxygen atoms in total. The number of nitrogens with one attached hydrogen (secondary N) is 2. The summed E-state index contributed by atoms with van der Waals surface area (Å²) in [5.41, 5.74) is 1.89. The third-order valence-electron chi connectivity index (χ3n) is 4.72. The summed E-state index contributed by atoms with van der Waals surface area (Å²) in [7, 11) is 0. The van der Waals surface area contributed by atoms with Gasteiger partial charge in [0.25, 0.3) is 0 Å². The summed E-state index contributed by atoms with van der Waals surface area (Å²) < 4.78 is 13.4. The Morgan fingerprint density at radius 3 is 2.74 bits per heavy atom. The van der Waals surface area contributed by atoms with Gasteiger partial charge in [0.05, 0.1) is 21.9 Å². The van der Waals surface area contributed by atoms with Crippen molar-refractivity contribution in [1.82, 2.24) is 0 Å². The monoisotopic (exact) mass is 282 g/mol. The third-order valence-corrected chi connectivity index (χ3v) is 5.01. The Morgan fingerprint density at radius 2 is 2.05 bits per heavy atom. The second-order valence-electron chi connectivity index (χ2n) is 5.92. The van der Waals surface area contributed by atoms with E-state index in [9.17, 15) is 4.39 Å². The molecule has 0 aromatic heterocycles. The van der Waals surface area contributed by atoms with E-state index in [4.69, 9.17) is 11.6 Å². The Kier molecular flexibility index (Phi) is 3.34. The lowest BCUT2D eigenvalue weighted by Gasteiger charge is -2.45. The number of fused-ring (bicyclic) bond motifs is 1. The molecule has 1 aromatic carbocycles. The maximum atomic E-state index is 13.4. The van der Waals surface area contributed by atoms with Gasteiger partial charge in [-0.15, -0.1) is 0 Å². The Labute approximate surface area is 118 Å². The molecule has 4 heteroatoms. The topological polar surface area (TPSA) is 24.1 Å². The molecule has 0 radical (unpaired) electrons. The van der Waals surface area contributed by atoms with Gasteiger partial charge in [-0.3, -0.25) is 0 Å². The molecule has 1 aromatic rings. The molecule has 2 N–H and O–H groups in total. The minimum absolute atomic E-state index is 0.125. The molecule has 0 bridgehead atoms. The summed E-state index contributed by atoms with van der Waals surface area (Å²) in [6, 6.07) is 3.18. The summed E-state index contributed by atoms with van der Waals surface area (Å²) in [6.45, 7) is 3.14. The van der Waals surface area contributed by atoms with Gasteiger partial charge >= 0.3 is 0 Å². The predicted octanol–water partition coefficient (Wildman–Crippen LogP) is 4.66. The highest BCUT2D eigenvalue weighted by Gasteiger charge is 2.37. The molecule has 1 spiro atoms. The van der Waals surface area contributed by atoms with Gasteiger partial charge in [-0.2, -0.15) is 0 Å². The van der Waals surface area contributed by atoms with Crippen LogP contribution in [0.1, 0.15) is 39.0 Å². The fourth-order valence-electron chi connectivity index (χ4n) is 3.33. The van der Waals surface area contributed by atoms with Gasteiger partial charge in [0, 0.05) is 12.6 Å². The van der Waals surface area contributed by atoms with Crippen LogP contribution in [-0.2, 0) is 0 Å². The maximum Gasteiger partial charge on any atom is 0.143 e. The number of hydrogen-bond donors (Lipinski definition) is 2. The van der Waals surface area contributed by atoms with Crippen LogP contribution in [0.3, 0.4) is 0 Å². The van der Waals surface area contributed by atoms with Crippen molar-refractivity contribution >= 4 is 23.0 Å². The van der Waals surface area contributed by atoms with Crippen molar-refractivity contribution in [2.45, 2.75) is 44.6 Å². The number of benzene rings is 1. The van der Waals surface area contributed by atoms with Gasteiger partial charge in [0.1, 0.15) is 5.82 Å². The van der Waals surface area contributed by atoms with E-state index in [1.807, 2.05) is 0 Å². The highest BCUT2D eigenvalue weighted by atomic mass is 35.5. The highest BCUT2D eigenvalue weighted by Crippen LogP contribution is 2.41. The number of anilines is 2. The van der Waals surface area contributed by atoms with Crippen molar-refractivity contribution < 1.29 is 4.39 Å². The molecule has 3 rings (SSSR count). The standard InChI is InChI=1S/C15H20ClFN2/c1-2-10-3-5-15(6-4-10)9-18-13-8-12(17)11(16)7-14(13)19-15/h7-8,10,18-19H,2-6,9H2,1H3. The zero-order chi connectivity index (χ0) is 13.5. The Balaban J connectivity index is 1.80. The van der Waals surface area contributed by atoms with Gasteiger partial charge in [-0.05, 0) is 37.7 Å². The van der Waals surface area contributed by atoms with E-state index in [0.717, 1.165) is 23.8 Å². The summed E-state index contributed by atoms with van der Waals surface area (Å²) in [6.07, 6.45) is 6.17. The second kappa shape index (κ2) is 4.86. The van der Waals surface area contributed by atoms with Gasteiger partial charge in [-0.25, -0.2) is 4.39 Å². The van der Waals surface area contributed by atoms with Crippen molar-refractivity contribution in [2.75, 3.05) is 17.2 Å². The van der Waals surface area contributed by atoms with E-state index >= 15 is 0 Å². The van der Waals surface area contributed by atoms with Crippen LogP contribution in [0.25, 0.3) is 0 Å². The summed E-state index contributed by atoms with van der Waals surface area (Å²) in [5.74, 6) is 0.506. The summed E-state index contributed by atoms with van der Waals surface area (Å²) in [4.78, 5) is 0. The molecule has 104 valence electrons. The maximum absolute atomic E-state index is 13.4. The zero-order valence-corrected chi connectivity index (χ0v) is 12.0. The molecule has 1 saturated carbocycles. The average Bonchev–Trinajstić information content (AvgIpc) is 2.42. The largest absolute Gasteiger partial charge is 0.381 e. The molecule has 2 aliphatic rings. The van der Waals surface area contributed by atoms with E-state index in [1.54, 1.807) is 6.07 Å². The molecule has 0 amide bonds. The molecule has 1 aliphatic heterocycles. The fraction of sp³-hybridized carbons (Fsp3) is 0.600. The fourth-order valence-corrected chi connectivity index (χ4v) is 3.49. The molecular formula is C15H20ClFN2. The first-order valence-corrected chi connectivity index (χ1v) is 7.51. The quantitative estimate of drug-likeness (QED) is 0.783. The van der Waals surface area contributed by atoms with Gasteiger partial charge in [-0.1, -0.05) is 24.9 Å². The minimum Gasteiger partial charge on any atom is -0.381 e. The first kappa shape index (κ1) is 13.0. The minimum atomic E-state index is -0.361. The molecule has 0 atom stereocenters. The molecule has 0 unspecified atom stereocenters. The SMILES string of the molecule is CCC1CCC2(CC1)CNc1cc(F)c(Cl)cc1N2. The van der Waals surface area contributed by atoms with Gasteiger partial charge in [0.15, 0.2) is 0 Å². The Morgan fingerprint density at radius 1 is 1.32 bits per heavy atom. The summed E-state index contributed by atoms with van der Waals surface area (Å²) >= 11 is 5.88. The Bertz CT molecular complexity index is 481. The van der Waals surface area contributed by atoms with Crippen LogP contribution < -0.4 is 10.6 Å². The van der Waals surface area contributed by atoms with Crippen molar-refractivity contribution in [2.24, 2.45) is 5.92 Å². The molecule has 0 saturated heterocycles. The smallest absolute Gasteiger partial charge is 0.143 e. The average molecular weight is 283 g/mol. The van der Waals surface area contributed by atoms with Crippen LogP contribution in [0.15, 0.2) is 12.1 Å². The van der Waals surface area contributed by atoms with Crippen molar-refractivity contribution in [3.05, 3.63) is 23.0 Å². The van der Waals surface area contributed by atoms with Gasteiger partial charge < -0.3 is 10.6 Å². The van der Waals surface area contributed by atoms with Crippen LogP contribution >= 0.6 is 11.6 Å². The van der Waals surface area contributed by atoms with Crippen molar-refractivity contribution in [3.8, 4) is 0 Å². The van der Waals surface area contributed by atoms with Crippen LogP contribution in [0.4, 0.5) is 15.8 Å². The summed E-state index contributed by atoms with van der Waals surface area (Å²) in [5, 5.41) is 7.16. The van der Waals surface area contributed by atoms with E-state index in [0.29, 0.717) is 0 Å². The number of hydrogen-bond acceptors (Lipinski definition) is 2. The molecule has 1 heterocycles. The normalized spacial score (nSPS) is 29.5. The van der Waals surface area contributed by atoms with E-state index in [2.05, 4.69) is 17.6 Å². The van der Waals surface area contributed by atoms with Crippen LogP contribution in [0.2, 0.25) is 5.02 Å². The molecular weight excluding hydrogens is 263 g/mol. The van der Waals surface area contributed by atoms with E-state index < -0.39 is 0 Å². The number of rotatable bonds is 1. The van der Waals surface area contributed by atoms with Crippen LogP contribution in [0.5, 0.6) is 0 Å². The molecule has 19 heavy (non-hydrogen) atoms. The second-order valence-corrected chi connectivity index (χ2v) is 6.33. The highest BCUT2D eigenvalue weighted by molar-refractivity contribution is 6.31. The zero-order valence-electron chi connectivity index (χ0n) is 11.2. The lowest BCUT2D eigenvalue weighted by molar-refractivity contribution is 0.255. The van der Waals surface area contributed by atoms with Crippen molar-refractivity contribution in [3.63, 3.8) is 0 Å². The van der Waals surface area contributed by atoms with E-state index in [1.165, 1.54) is 38.2 Å². The lowest BCUT2D eigenvalue weighted by atomic mass is 9.74. The van der Waals surface area contributed by atoms with Crippen molar-refractivity contribution in [1.29, 1.82) is 0 Å². The van der Waals surface area contributed by atoms with Crippen LogP contribution in [0, 0.1) is 11.7 Å². The third kappa shape index (κ3) is 2.40. The molecule has 1 aliphatic carbocycles. The first-order chi connectivity index (χ1) is 9.12. The number of halogens is 2. The van der Waals surface area contributed by atoms with Gasteiger partial charge in [0.2, 0.25) is 0 Å². The van der Waals surface area contributed by atoms with E-state index in [-0.39, 0.29) is 16.4 Å². The predicted molar refractivity (Wildman–Crippen MR) is 78.5 cm³/mol. The Hall–Kier alpha value is -0.960. The molecule has 1 fully saturated rings. The first-order valence-electron chi connectivity index (χ1n) is 7.13. The lowest BCUT2D eigenvalue weighted by Crippen LogP contribution is -2.50.